The number of halogens is 3. The molecule has 1 N–H and O–H groups in total. The molecule has 2 heterocycles. The zero-order chi connectivity index (χ0) is 28.4. The van der Waals surface area contributed by atoms with Crippen LogP contribution in [0.25, 0.3) is 0 Å². The lowest BCUT2D eigenvalue weighted by Crippen LogP contribution is -2.56. The summed E-state index contributed by atoms with van der Waals surface area (Å²) in [6.45, 7) is 4.86. The van der Waals surface area contributed by atoms with Gasteiger partial charge in [0.15, 0.2) is 0 Å². The van der Waals surface area contributed by atoms with E-state index in [2.05, 4.69) is 9.64 Å². The average molecular weight is 546 g/mol. The Morgan fingerprint density at radius 2 is 1.72 bits per heavy atom. The number of alkyl halides is 3. The number of amides is 3. The maximum Gasteiger partial charge on any atom is 0.573 e. The summed E-state index contributed by atoms with van der Waals surface area (Å²) in [4.78, 5) is 43.2. The molecule has 0 bridgehead atoms. The highest BCUT2D eigenvalue weighted by atomic mass is 19.4. The molecule has 1 spiro atoms. The van der Waals surface area contributed by atoms with Gasteiger partial charge in [0.05, 0.1) is 6.42 Å². The molecule has 0 unspecified atom stereocenters. The third kappa shape index (κ3) is 6.35. The maximum absolute atomic E-state index is 13.7. The molecule has 2 aromatic carbocycles. The maximum atomic E-state index is 13.7. The number of rotatable bonds is 8. The third-order valence-electron chi connectivity index (χ3n) is 7.02. The second kappa shape index (κ2) is 11.0. The molecular weight excluding hydrogens is 515 g/mol. The van der Waals surface area contributed by atoms with Crippen LogP contribution in [0.3, 0.4) is 0 Å². The predicted octanol–water partition coefficient (Wildman–Crippen LogP) is 4.98. The molecule has 11 heteroatoms. The summed E-state index contributed by atoms with van der Waals surface area (Å²) in [5.74, 6) is -1.58. The van der Waals surface area contributed by atoms with Crippen LogP contribution in [-0.2, 0) is 22.6 Å². The normalized spacial score (nSPS) is 17.1. The number of hydrogen-bond acceptors (Lipinski definition) is 5. The van der Waals surface area contributed by atoms with Crippen LogP contribution in [0.5, 0.6) is 5.75 Å². The molecule has 39 heavy (non-hydrogen) atoms. The quantitative estimate of drug-likeness (QED) is 0.372. The number of piperidine rings is 1. The number of hydrogen-bond donors (Lipinski definition) is 1. The van der Waals surface area contributed by atoms with Crippen molar-refractivity contribution in [1.29, 1.82) is 0 Å². The Labute approximate surface area is 224 Å². The SMILES string of the molecule is CC(C)=CCN1C(=O)N(Cc2ccc(OC(F)(F)F)cc2)C2(CCN(c3cccc(CC(=O)O)c3)CC2)C1=O. The van der Waals surface area contributed by atoms with Gasteiger partial charge in [0.1, 0.15) is 11.3 Å². The van der Waals surface area contributed by atoms with Crippen LogP contribution in [0.4, 0.5) is 23.7 Å². The van der Waals surface area contributed by atoms with E-state index < -0.39 is 23.9 Å². The zero-order valence-electron chi connectivity index (χ0n) is 21.7. The second-order valence-corrected chi connectivity index (χ2v) is 10.0. The molecule has 0 aliphatic carbocycles. The first kappa shape index (κ1) is 28.0. The van der Waals surface area contributed by atoms with Gasteiger partial charge in [0, 0.05) is 31.9 Å². The number of benzene rings is 2. The lowest BCUT2D eigenvalue weighted by Gasteiger charge is -2.43. The zero-order valence-corrected chi connectivity index (χ0v) is 21.7. The number of carbonyl (C=O) groups excluding carboxylic acids is 2. The molecule has 2 aromatic rings. The van der Waals surface area contributed by atoms with Crippen LogP contribution in [0.2, 0.25) is 0 Å². The van der Waals surface area contributed by atoms with Crippen LogP contribution in [-0.4, -0.2) is 64.3 Å². The molecule has 2 saturated heterocycles. The Bertz CT molecular complexity index is 1260. The minimum atomic E-state index is -4.81. The lowest BCUT2D eigenvalue weighted by atomic mass is 9.85. The van der Waals surface area contributed by atoms with Crippen molar-refractivity contribution in [2.45, 2.75) is 51.6 Å². The van der Waals surface area contributed by atoms with Crippen LogP contribution in [0.1, 0.15) is 37.8 Å². The van der Waals surface area contributed by atoms with Gasteiger partial charge in [-0.1, -0.05) is 35.9 Å². The highest BCUT2D eigenvalue weighted by molar-refractivity contribution is 6.07. The van der Waals surface area contributed by atoms with Crippen molar-refractivity contribution in [3.63, 3.8) is 0 Å². The van der Waals surface area contributed by atoms with Crippen molar-refractivity contribution < 1.29 is 37.4 Å². The summed E-state index contributed by atoms with van der Waals surface area (Å²) in [5, 5.41) is 9.13. The number of carboxylic acids is 1. The Hall–Kier alpha value is -4.02. The van der Waals surface area contributed by atoms with Gasteiger partial charge < -0.3 is 19.6 Å². The lowest BCUT2D eigenvalue weighted by molar-refractivity contribution is -0.274. The number of nitrogens with zero attached hydrogens (tertiary/aromatic N) is 3. The summed E-state index contributed by atoms with van der Waals surface area (Å²) < 4.78 is 41.6. The molecule has 0 saturated carbocycles. The molecule has 208 valence electrons. The number of carbonyl (C=O) groups is 3. The summed E-state index contributed by atoms with van der Waals surface area (Å²) in [5.41, 5.74) is 1.94. The molecule has 0 atom stereocenters. The number of aliphatic carboxylic acids is 1. The Morgan fingerprint density at radius 1 is 1.05 bits per heavy atom. The third-order valence-corrected chi connectivity index (χ3v) is 7.02. The van der Waals surface area contributed by atoms with E-state index in [1.54, 1.807) is 18.2 Å². The van der Waals surface area contributed by atoms with Gasteiger partial charge in [0.2, 0.25) is 0 Å². The molecule has 2 aliphatic heterocycles. The van der Waals surface area contributed by atoms with Crippen molar-refractivity contribution in [2.75, 3.05) is 24.5 Å². The Morgan fingerprint density at radius 3 is 2.31 bits per heavy atom. The Kier molecular flexibility index (Phi) is 7.89. The first-order valence-electron chi connectivity index (χ1n) is 12.6. The molecular formula is C28H30F3N3O5. The fourth-order valence-corrected chi connectivity index (χ4v) is 5.07. The van der Waals surface area contributed by atoms with E-state index in [9.17, 15) is 27.6 Å². The van der Waals surface area contributed by atoms with Gasteiger partial charge in [-0.2, -0.15) is 0 Å². The molecule has 4 rings (SSSR count). The molecule has 0 aromatic heterocycles. The van der Waals surface area contributed by atoms with Crippen molar-refractivity contribution in [3.05, 3.63) is 71.3 Å². The Balaban J connectivity index is 1.57. The fourth-order valence-electron chi connectivity index (χ4n) is 5.07. The average Bonchev–Trinajstić information content (AvgIpc) is 3.04. The highest BCUT2D eigenvalue weighted by Crippen LogP contribution is 2.40. The smallest absolute Gasteiger partial charge is 0.481 e. The van der Waals surface area contributed by atoms with E-state index in [0.29, 0.717) is 37.1 Å². The van der Waals surface area contributed by atoms with E-state index in [1.165, 1.54) is 34.1 Å². The molecule has 2 aliphatic rings. The number of ether oxygens (including phenoxy) is 1. The van der Waals surface area contributed by atoms with Crippen LogP contribution < -0.4 is 9.64 Å². The summed E-state index contributed by atoms with van der Waals surface area (Å²) in [6.07, 6.45) is -2.41. The van der Waals surface area contributed by atoms with E-state index >= 15 is 0 Å². The first-order valence-corrected chi connectivity index (χ1v) is 12.6. The molecule has 8 nitrogen and oxygen atoms in total. The van der Waals surface area contributed by atoms with Crippen LogP contribution in [0, 0.1) is 0 Å². The van der Waals surface area contributed by atoms with E-state index in [4.69, 9.17) is 5.11 Å². The monoisotopic (exact) mass is 545 g/mol. The summed E-state index contributed by atoms with van der Waals surface area (Å²) in [6, 6.07) is 12.1. The number of urea groups is 1. The standard InChI is InChI=1S/C28H30F3N3O5/c1-19(2)10-13-33-25(37)27(11-14-32(15-12-27)22-5-3-4-21(16-22)17-24(35)36)34(26(33)38)18-20-6-8-23(9-7-20)39-28(29,30)31/h3-10,16H,11-15,17-18H2,1-2H3,(H,35,36). The van der Waals surface area contributed by atoms with E-state index in [1.807, 2.05) is 26.0 Å². The largest absolute Gasteiger partial charge is 0.573 e. The fraction of sp³-hybridized carbons (Fsp3) is 0.393. The molecule has 3 amide bonds. The van der Waals surface area contributed by atoms with Crippen molar-refractivity contribution in [3.8, 4) is 5.75 Å². The van der Waals surface area contributed by atoms with Crippen molar-refractivity contribution in [1.82, 2.24) is 9.80 Å². The van der Waals surface area contributed by atoms with Gasteiger partial charge in [-0.15, -0.1) is 13.2 Å². The number of allylic oxidation sites excluding steroid dienone is 1. The molecule has 0 radical (unpaired) electrons. The minimum Gasteiger partial charge on any atom is -0.481 e. The summed E-state index contributed by atoms with van der Waals surface area (Å²) in [7, 11) is 0. The molecule has 2 fully saturated rings. The summed E-state index contributed by atoms with van der Waals surface area (Å²) >= 11 is 0. The van der Waals surface area contributed by atoms with Gasteiger partial charge in [-0.3, -0.25) is 14.5 Å². The van der Waals surface area contributed by atoms with Gasteiger partial charge in [-0.25, -0.2) is 4.79 Å². The second-order valence-electron chi connectivity index (χ2n) is 10.0. The highest BCUT2D eigenvalue weighted by Gasteiger charge is 2.57. The predicted molar refractivity (Wildman–Crippen MR) is 137 cm³/mol. The number of anilines is 1. The van der Waals surface area contributed by atoms with Crippen molar-refractivity contribution in [2.24, 2.45) is 0 Å². The topological polar surface area (TPSA) is 90.4 Å². The van der Waals surface area contributed by atoms with Crippen molar-refractivity contribution >= 4 is 23.6 Å². The van der Waals surface area contributed by atoms with Crippen LogP contribution in [0.15, 0.2) is 60.2 Å². The van der Waals surface area contributed by atoms with E-state index in [0.717, 1.165) is 11.3 Å². The number of imide groups is 1. The number of carboxylic acid groups (broad SMARTS) is 1. The van der Waals surface area contributed by atoms with Gasteiger partial charge >= 0.3 is 18.4 Å². The van der Waals surface area contributed by atoms with Gasteiger partial charge in [0.25, 0.3) is 5.91 Å². The minimum absolute atomic E-state index is 0.0519. The van der Waals surface area contributed by atoms with Crippen LogP contribution >= 0.6 is 0 Å². The first-order chi connectivity index (χ1) is 18.4. The van der Waals surface area contributed by atoms with Gasteiger partial charge in [-0.05, 0) is 62.1 Å². The van der Waals surface area contributed by atoms with E-state index in [-0.39, 0.29) is 31.2 Å².